The summed E-state index contributed by atoms with van der Waals surface area (Å²) in [6.45, 7) is 0. The van der Waals surface area contributed by atoms with Crippen LogP contribution in [0.15, 0.2) is 36.7 Å². The Morgan fingerprint density at radius 3 is 2.47 bits per heavy atom. The Kier molecular flexibility index (Phi) is 5.45. The van der Waals surface area contributed by atoms with Crippen molar-refractivity contribution in [2.45, 2.75) is 31.2 Å². The minimum atomic E-state index is -4.49. The molecule has 0 bridgehead atoms. The van der Waals surface area contributed by atoms with Crippen LogP contribution in [0.4, 0.5) is 27.6 Å². The van der Waals surface area contributed by atoms with Gasteiger partial charge in [-0.25, -0.2) is 13.8 Å². The molecule has 2 amide bonds. The van der Waals surface area contributed by atoms with Crippen LogP contribution in [0.1, 0.15) is 18.4 Å². The van der Waals surface area contributed by atoms with Gasteiger partial charge < -0.3 is 20.4 Å². The van der Waals surface area contributed by atoms with Crippen molar-refractivity contribution >= 4 is 28.4 Å². The van der Waals surface area contributed by atoms with Gasteiger partial charge in [0.05, 0.1) is 16.8 Å². The third kappa shape index (κ3) is 4.48. The molecule has 4 rings (SSSR count). The van der Waals surface area contributed by atoms with Gasteiger partial charge in [-0.05, 0) is 12.1 Å². The largest absolute Gasteiger partial charge is 0.474 e. The Hall–Kier alpha value is -3.70. The first kappa shape index (κ1) is 21.5. The number of ether oxygens (including phenoxy) is 1. The number of alkyl halides is 3. The number of halogens is 5. The van der Waals surface area contributed by atoms with Gasteiger partial charge in [0.15, 0.2) is 11.6 Å². The van der Waals surface area contributed by atoms with E-state index in [1.807, 2.05) is 0 Å². The lowest BCUT2D eigenvalue weighted by Crippen LogP contribution is -2.51. The highest BCUT2D eigenvalue weighted by molar-refractivity contribution is 6.40. The number of pyridine rings is 1. The first-order valence-corrected chi connectivity index (χ1v) is 9.38. The molecule has 0 spiro atoms. The van der Waals surface area contributed by atoms with E-state index in [1.165, 1.54) is 6.20 Å². The number of H-pyrrole nitrogens is 1. The van der Waals surface area contributed by atoms with Gasteiger partial charge in [0.2, 0.25) is 5.88 Å². The monoisotopic (exact) mass is 454 g/mol. The number of rotatable bonds is 4. The average molecular weight is 454 g/mol. The molecule has 0 unspecified atom stereocenters. The molecular weight excluding hydrogens is 439 g/mol. The lowest BCUT2D eigenvalue weighted by Gasteiger charge is -2.35. The number of hydrogen-bond donors (Lipinski definition) is 3. The molecule has 0 atom stereocenters. The van der Waals surface area contributed by atoms with Gasteiger partial charge in [0, 0.05) is 48.8 Å². The van der Waals surface area contributed by atoms with Crippen molar-refractivity contribution in [1.29, 1.82) is 0 Å². The van der Waals surface area contributed by atoms with E-state index in [0.29, 0.717) is 19.0 Å². The van der Waals surface area contributed by atoms with E-state index in [9.17, 15) is 31.5 Å². The number of aromatic amines is 1. The maximum Gasteiger partial charge on any atom is 0.417 e. The Morgan fingerprint density at radius 1 is 1.09 bits per heavy atom. The van der Waals surface area contributed by atoms with Gasteiger partial charge in [-0.3, -0.25) is 9.59 Å². The topological polar surface area (TPSA) is 96.1 Å². The van der Waals surface area contributed by atoms with Gasteiger partial charge in [0.25, 0.3) is 0 Å². The number of hydrogen-bond acceptors (Lipinski definition) is 4. The zero-order valence-corrected chi connectivity index (χ0v) is 16.1. The molecule has 2 heterocycles. The Balaban J connectivity index is 1.27. The van der Waals surface area contributed by atoms with Crippen molar-refractivity contribution in [2.24, 2.45) is 0 Å². The van der Waals surface area contributed by atoms with Crippen LogP contribution in [0.5, 0.6) is 5.88 Å². The van der Waals surface area contributed by atoms with Gasteiger partial charge in [-0.2, -0.15) is 13.2 Å². The highest BCUT2D eigenvalue weighted by atomic mass is 19.4. The van der Waals surface area contributed by atoms with Crippen LogP contribution < -0.4 is 15.4 Å². The highest BCUT2D eigenvalue weighted by Crippen LogP contribution is 2.31. The second-order valence-corrected chi connectivity index (χ2v) is 7.23. The summed E-state index contributed by atoms with van der Waals surface area (Å²) in [6, 6.07) is 3.42. The third-order valence-electron chi connectivity index (χ3n) is 4.96. The van der Waals surface area contributed by atoms with Crippen LogP contribution in [-0.4, -0.2) is 33.9 Å². The van der Waals surface area contributed by atoms with E-state index >= 15 is 0 Å². The molecule has 1 aromatic carbocycles. The number of benzene rings is 1. The minimum Gasteiger partial charge on any atom is -0.474 e. The quantitative estimate of drug-likeness (QED) is 0.415. The van der Waals surface area contributed by atoms with Crippen molar-refractivity contribution in [1.82, 2.24) is 15.3 Å². The summed E-state index contributed by atoms with van der Waals surface area (Å²) in [4.78, 5) is 30.5. The molecule has 1 saturated carbocycles. The fourth-order valence-electron chi connectivity index (χ4n) is 3.22. The molecule has 168 valence electrons. The number of aromatic nitrogens is 2. The van der Waals surface area contributed by atoms with Gasteiger partial charge >= 0.3 is 18.0 Å². The van der Waals surface area contributed by atoms with Gasteiger partial charge in [0.1, 0.15) is 6.10 Å². The van der Waals surface area contributed by atoms with Crippen LogP contribution in [0.3, 0.4) is 0 Å². The predicted octanol–water partition coefficient (Wildman–Crippen LogP) is 3.52. The van der Waals surface area contributed by atoms with E-state index in [-0.39, 0.29) is 34.6 Å². The fraction of sp³-hybridized carbons (Fsp3) is 0.250. The smallest absolute Gasteiger partial charge is 0.417 e. The molecule has 12 heteroatoms. The van der Waals surface area contributed by atoms with Crippen LogP contribution in [0.25, 0.3) is 10.9 Å². The number of anilines is 1. The number of amides is 2. The Bertz CT molecular complexity index is 1170. The predicted molar refractivity (Wildman–Crippen MR) is 102 cm³/mol. The first-order valence-electron chi connectivity index (χ1n) is 9.38. The summed E-state index contributed by atoms with van der Waals surface area (Å²) < 4.78 is 69.8. The van der Waals surface area contributed by atoms with Crippen molar-refractivity contribution in [2.75, 3.05) is 5.32 Å². The van der Waals surface area contributed by atoms with Crippen molar-refractivity contribution in [3.8, 4) is 5.88 Å². The summed E-state index contributed by atoms with van der Waals surface area (Å²) in [5, 5.41) is 5.03. The zero-order valence-electron chi connectivity index (χ0n) is 16.1. The maximum absolute atomic E-state index is 13.4. The van der Waals surface area contributed by atoms with Gasteiger partial charge in [-0.1, -0.05) is 0 Å². The molecule has 1 fully saturated rings. The summed E-state index contributed by atoms with van der Waals surface area (Å²) in [5.41, 5.74) is -0.532. The summed E-state index contributed by atoms with van der Waals surface area (Å²) in [5.74, 6) is -4.06. The molecule has 0 radical (unpaired) electrons. The summed E-state index contributed by atoms with van der Waals surface area (Å²) in [7, 11) is 0. The van der Waals surface area contributed by atoms with E-state index in [0.717, 1.165) is 24.3 Å². The summed E-state index contributed by atoms with van der Waals surface area (Å²) >= 11 is 0. The van der Waals surface area contributed by atoms with E-state index in [1.54, 1.807) is 0 Å². The number of carbonyl (C=O) groups excluding carboxylic acids is 2. The van der Waals surface area contributed by atoms with Crippen LogP contribution in [0, 0.1) is 11.6 Å². The third-order valence-corrected chi connectivity index (χ3v) is 4.96. The molecule has 1 aliphatic carbocycles. The minimum absolute atomic E-state index is 0.0218. The van der Waals surface area contributed by atoms with Crippen molar-refractivity contribution in [3.05, 3.63) is 53.9 Å². The molecule has 7 nitrogen and oxygen atoms in total. The van der Waals surface area contributed by atoms with Crippen LogP contribution >= 0.6 is 0 Å². The number of carbonyl (C=O) groups is 2. The number of nitrogens with zero attached hydrogens (tertiary/aromatic N) is 1. The second kappa shape index (κ2) is 8.09. The maximum atomic E-state index is 13.4. The molecule has 0 saturated heterocycles. The first-order chi connectivity index (χ1) is 15.1. The van der Waals surface area contributed by atoms with E-state index in [4.69, 9.17) is 4.74 Å². The fourth-order valence-corrected chi connectivity index (χ4v) is 3.22. The molecule has 32 heavy (non-hydrogen) atoms. The van der Waals surface area contributed by atoms with E-state index in [2.05, 4.69) is 20.6 Å². The zero-order chi connectivity index (χ0) is 23.0. The molecule has 3 aromatic rings. The summed E-state index contributed by atoms with van der Waals surface area (Å²) in [6.07, 6.45) is -2.23. The highest BCUT2D eigenvalue weighted by Gasteiger charge is 2.34. The molecule has 0 aliphatic heterocycles. The lowest BCUT2D eigenvalue weighted by atomic mass is 9.89. The second-order valence-electron chi connectivity index (χ2n) is 7.23. The lowest BCUT2D eigenvalue weighted by molar-refractivity contribution is -0.137. The Morgan fingerprint density at radius 2 is 1.81 bits per heavy atom. The van der Waals surface area contributed by atoms with Crippen LogP contribution in [0.2, 0.25) is 0 Å². The molecule has 2 aromatic heterocycles. The molecule has 1 aliphatic rings. The Labute approximate surface area is 177 Å². The van der Waals surface area contributed by atoms with Gasteiger partial charge in [-0.15, -0.1) is 0 Å². The molecular formula is C20H15F5N4O3. The standard InChI is InChI=1S/C20H15F5N4O3/c21-13-5-12-15(6-14(13)22)26-8-16(12)29-19(31)18(30)28-10-3-11(4-10)32-17-2-1-9(7-27-17)20(23,24)25/h1-2,5-8,10-11,26H,3-4H2,(H,28,30)(H,29,31)/t10-,11-. The van der Waals surface area contributed by atoms with Crippen molar-refractivity contribution < 1.29 is 36.3 Å². The number of nitrogens with one attached hydrogen (secondary N) is 3. The molecule has 3 N–H and O–H groups in total. The van der Waals surface area contributed by atoms with E-state index < -0.39 is 35.2 Å². The number of fused-ring (bicyclic) bond motifs is 1. The normalized spacial score (nSPS) is 18.2. The van der Waals surface area contributed by atoms with Crippen molar-refractivity contribution in [3.63, 3.8) is 0 Å². The SMILES string of the molecule is O=C(Nc1c[nH]c2cc(F)c(F)cc12)C(=O)N[C@H]1C[C@H](Oc2ccc(C(F)(F)F)cn2)C1. The van der Waals surface area contributed by atoms with Crippen LogP contribution in [-0.2, 0) is 15.8 Å². The average Bonchev–Trinajstić information content (AvgIpc) is 3.07.